The van der Waals surface area contributed by atoms with Gasteiger partial charge < -0.3 is 9.84 Å². The monoisotopic (exact) mass is 406 g/mol. The smallest absolute Gasteiger partial charge is 0.422 e. The molecule has 1 aromatic carbocycles. The van der Waals surface area contributed by atoms with E-state index in [4.69, 9.17) is 0 Å². The zero-order valence-electron chi connectivity index (χ0n) is 16.1. The van der Waals surface area contributed by atoms with Crippen LogP contribution in [0.5, 0.6) is 5.88 Å². The van der Waals surface area contributed by atoms with Gasteiger partial charge in [0.15, 0.2) is 6.61 Å². The average Bonchev–Trinajstić information content (AvgIpc) is 2.68. The second kappa shape index (κ2) is 7.95. The summed E-state index contributed by atoms with van der Waals surface area (Å²) in [7, 11) is 0. The molecule has 0 amide bonds. The van der Waals surface area contributed by atoms with E-state index in [0.717, 1.165) is 25.8 Å². The standard InChI is InChI=1S/C22H25F3N2O2/c23-22(24,25)15-29-20-10-9-17(13-26-20)21(28)11-18-7-4-8-19(12-21)27(18)14-16-5-2-1-3-6-16/h1-3,5-6,9-10,13,18-19,28H,4,7-8,11-12,14-15H2. The fraction of sp³-hybridized carbons (Fsp3) is 0.500. The first-order chi connectivity index (χ1) is 13.8. The van der Waals surface area contributed by atoms with Crippen molar-refractivity contribution < 1.29 is 23.0 Å². The van der Waals surface area contributed by atoms with Gasteiger partial charge in [0, 0.05) is 36.5 Å². The van der Waals surface area contributed by atoms with Crippen LogP contribution in [0.4, 0.5) is 13.2 Å². The molecule has 2 aliphatic rings. The number of rotatable bonds is 5. The van der Waals surface area contributed by atoms with E-state index in [1.54, 1.807) is 6.07 Å². The number of hydrogen-bond acceptors (Lipinski definition) is 4. The van der Waals surface area contributed by atoms with Gasteiger partial charge in [-0.05, 0) is 37.3 Å². The first kappa shape index (κ1) is 20.2. The van der Waals surface area contributed by atoms with Crippen molar-refractivity contribution >= 4 is 0 Å². The molecule has 3 heterocycles. The Hall–Kier alpha value is -2.12. The van der Waals surface area contributed by atoms with Crippen molar-refractivity contribution in [1.29, 1.82) is 0 Å². The molecule has 1 N–H and O–H groups in total. The van der Waals surface area contributed by atoms with Crippen molar-refractivity contribution in [2.75, 3.05) is 6.61 Å². The summed E-state index contributed by atoms with van der Waals surface area (Å²) in [6, 6.07) is 13.9. The normalized spacial score (nSPS) is 27.6. The van der Waals surface area contributed by atoms with E-state index >= 15 is 0 Å². The Balaban J connectivity index is 1.47. The molecule has 2 unspecified atom stereocenters. The molecule has 4 nitrogen and oxygen atoms in total. The maximum Gasteiger partial charge on any atom is 0.422 e. The molecule has 0 spiro atoms. The van der Waals surface area contributed by atoms with E-state index in [2.05, 4.69) is 26.8 Å². The minimum atomic E-state index is -4.40. The molecule has 0 saturated carbocycles. The third kappa shape index (κ3) is 4.73. The van der Waals surface area contributed by atoms with Crippen LogP contribution in [0.3, 0.4) is 0 Å². The third-order valence-electron chi connectivity index (χ3n) is 6.02. The molecule has 156 valence electrons. The molecule has 2 bridgehead atoms. The lowest BCUT2D eigenvalue weighted by Gasteiger charge is -2.52. The van der Waals surface area contributed by atoms with Gasteiger partial charge in [0.25, 0.3) is 0 Å². The maximum atomic E-state index is 12.3. The molecule has 2 saturated heterocycles. The SMILES string of the molecule is OC1(c2ccc(OCC(F)(F)F)nc2)CC2CCCC(C1)N2Cc1ccccc1. The number of ether oxygens (including phenoxy) is 1. The fourth-order valence-corrected chi connectivity index (χ4v) is 4.71. The van der Waals surface area contributed by atoms with Gasteiger partial charge in [-0.2, -0.15) is 13.2 Å². The van der Waals surface area contributed by atoms with Gasteiger partial charge in [0.1, 0.15) is 0 Å². The number of benzene rings is 1. The molecule has 2 fully saturated rings. The summed E-state index contributed by atoms with van der Waals surface area (Å²) in [6.45, 7) is -0.503. The van der Waals surface area contributed by atoms with Crippen LogP contribution in [0.25, 0.3) is 0 Å². The van der Waals surface area contributed by atoms with Crippen LogP contribution in [0.2, 0.25) is 0 Å². The number of aliphatic hydroxyl groups is 1. The summed E-state index contributed by atoms with van der Waals surface area (Å²) in [6.07, 6.45) is 1.47. The van der Waals surface area contributed by atoms with E-state index < -0.39 is 18.4 Å². The highest BCUT2D eigenvalue weighted by Crippen LogP contribution is 2.44. The Labute approximate surface area is 168 Å². The van der Waals surface area contributed by atoms with Crippen molar-refractivity contribution in [3.8, 4) is 5.88 Å². The van der Waals surface area contributed by atoms with E-state index in [1.165, 1.54) is 17.8 Å². The number of alkyl halides is 3. The summed E-state index contributed by atoms with van der Waals surface area (Å²) in [5.41, 5.74) is 0.897. The molecule has 2 aromatic rings. The summed E-state index contributed by atoms with van der Waals surface area (Å²) in [5, 5.41) is 11.4. The number of fused-ring (bicyclic) bond motifs is 2. The van der Waals surface area contributed by atoms with Crippen LogP contribution >= 0.6 is 0 Å². The first-order valence-electron chi connectivity index (χ1n) is 10.0. The predicted molar refractivity (Wildman–Crippen MR) is 102 cm³/mol. The Morgan fingerprint density at radius 2 is 1.76 bits per heavy atom. The quantitative estimate of drug-likeness (QED) is 0.798. The zero-order valence-corrected chi connectivity index (χ0v) is 16.1. The molecule has 7 heteroatoms. The van der Waals surface area contributed by atoms with Gasteiger partial charge in [-0.1, -0.05) is 36.8 Å². The Morgan fingerprint density at radius 3 is 2.34 bits per heavy atom. The van der Waals surface area contributed by atoms with Crippen molar-refractivity contribution in [2.45, 2.75) is 62.5 Å². The highest BCUT2D eigenvalue weighted by Gasteiger charge is 2.46. The van der Waals surface area contributed by atoms with Crippen molar-refractivity contribution in [3.05, 3.63) is 59.8 Å². The summed E-state index contributed by atoms with van der Waals surface area (Å²) in [4.78, 5) is 6.49. The summed E-state index contributed by atoms with van der Waals surface area (Å²) in [5.74, 6) is -0.0867. The number of nitrogens with zero attached hydrogens (tertiary/aromatic N) is 2. The second-order valence-corrected chi connectivity index (χ2v) is 8.13. The molecule has 29 heavy (non-hydrogen) atoms. The van der Waals surface area contributed by atoms with E-state index in [-0.39, 0.29) is 18.0 Å². The van der Waals surface area contributed by atoms with Crippen LogP contribution in [0.15, 0.2) is 48.7 Å². The van der Waals surface area contributed by atoms with E-state index in [9.17, 15) is 18.3 Å². The molecule has 4 rings (SSSR count). The number of halogens is 3. The largest absolute Gasteiger partial charge is 0.468 e. The molecular formula is C22H25F3N2O2. The maximum absolute atomic E-state index is 12.3. The van der Waals surface area contributed by atoms with Gasteiger partial charge in [-0.25, -0.2) is 4.98 Å². The highest BCUT2D eigenvalue weighted by atomic mass is 19.4. The van der Waals surface area contributed by atoms with Crippen molar-refractivity contribution in [3.63, 3.8) is 0 Å². The number of piperidine rings is 2. The minimum absolute atomic E-state index is 0.0867. The Bertz CT molecular complexity index is 797. The third-order valence-corrected chi connectivity index (χ3v) is 6.02. The summed E-state index contributed by atoms with van der Waals surface area (Å²) >= 11 is 0. The van der Waals surface area contributed by atoms with Crippen molar-refractivity contribution in [1.82, 2.24) is 9.88 Å². The molecule has 2 atom stereocenters. The molecule has 2 aliphatic heterocycles. The van der Waals surface area contributed by atoms with Gasteiger partial charge in [-0.15, -0.1) is 0 Å². The zero-order chi connectivity index (χ0) is 20.5. The van der Waals surface area contributed by atoms with Crippen molar-refractivity contribution in [2.24, 2.45) is 0 Å². The van der Waals surface area contributed by atoms with Gasteiger partial charge in [-0.3, -0.25) is 4.90 Å². The average molecular weight is 406 g/mol. The van der Waals surface area contributed by atoms with Crippen LogP contribution < -0.4 is 4.74 Å². The van der Waals surface area contributed by atoms with Crippen LogP contribution in [0, 0.1) is 0 Å². The second-order valence-electron chi connectivity index (χ2n) is 8.13. The Kier molecular flexibility index (Phi) is 5.53. The number of aromatic nitrogens is 1. The number of hydrogen-bond donors (Lipinski definition) is 1. The lowest BCUT2D eigenvalue weighted by Crippen LogP contribution is -2.56. The topological polar surface area (TPSA) is 45.6 Å². The molecule has 0 aliphatic carbocycles. The number of pyridine rings is 1. The van der Waals surface area contributed by atoms with E-state index in [0.29, 0.717) is 18.4 Å². The lowest BCUT2D eigenvalue weighted by atomic mass is 9.72. The van der Waals surface area contributed by atoms with Gasteiger partial charge in [0.2, 0.25) is 5.88 Å². The summed E-state index contributed by atoms with van der Waals surface area (Å²) < 4.78 is 41.6. The molecule has 1 aromatic heterocycles. The fourth-order valence-electron chi connectivity index (χ4n) is 4.71. The van der Waals surface area contributed by atoms with E-state index in [1.807, 2.05) is 18.2 Å². The molecular weight excluding hydrogens is 381 g/mol. The van der Waals surface area contributed by atoms with Gasteiger partial charge in [0.05, 0.1) is 5.60 Å². The lowest BCUT2D eigenvalue weighted by molar-refractivity contribution is -0.154. The van der Waals surface area contributed by atoms with Crippen LogP contribution in [-0.4, -0.2) is 39.9 Å². The first-order valence-corrected chi connectivity index (χ1v) is 10.0. The highest BCUT2D eigenvalue weighted by molar-refractivity contribution is 5.26. The van der Waals surface area contributed by atoms with Crippen LogP contribution in [0.1, 0.15) is 43.2 Å². The van der Waals surface area contributed by atoms with Gasteiger partial charge >= 0.3 is 6.18 Å². The molecule has 0 radical (unpaired) electrons. The minimum Gasteiger partial charge on any atom is -0.468 e. The van der Waals surface area contributed by atoms with Crippen LogP contribution in [-0.2, 0) is 12.1 Å². The predicted octanol–water partition coefficient (Wildman–Crippen LogP) is 4.43. The Morgan fingerprint density at radius 1 is 1.07 bits per heavy atom.